The molecule has 0 saturated carbocycles. The van der Waals surface area contributed by atoms with Crippen molar-refractivity contribution in [1.29, 1.82) is 0 Å². The van der Waals surface area contributed by atoms with Crippen LogP contribution >= 0.6 is 11.6 Å². The van der Waals surface area contributed by atoms with Crippen LogP contribution in [0.3, 0.4) is 0 Å². The predicted octanol–water partition coefficient (Wildman–Crippen LogP) is 4.36. The lowest BCUT2D eigenvalue weighted by molar-refractivity contribution is 0.127. The minimum absolute atomic E-state index is 0.0254. The van der Waals surface area contributed by atoms with E-state index in [0.717, 1.165) is 6.42 Å². The third kappa shape index (κ3) is 4.56. The van der Waals surface area contributed by atoms with Crippen molar-refractivity contribution in [2.24, 2.45) is 0 Å². The van der Waals surface area contributed by atoms with Gasteiger partial charge in [-0.1, -0.05) is 17.7 Å². The molecule has 0 bridgehead atoms. The van der Waals surface area contributed by atoms with Crippen molar-refractivity contribution in [2.45, 2.75) is 12.5 Å². The first-order chi connectivity index (χ1) is 14.7. The fraction of sp³-hybridized carbons (Fsp3) is 0.333. The van der Waals surface area contributed by atoms with Gasteiger partial charge in [-0.15, -0.1) is 0 Å². The van der Waals surface area contributed by atoms with Crippen molar-refractivity contribution >= 4 is 34.0 Å². The Labute approximate surface area is 178 Å². The van der Waals surface area contributed by atoms with E-state index < -0.39 is 5.82 Å². The van der Waals surface area contributed by atoms with Crippen LogP contribution in [0.15, 0.2) is 36.7 Å². The van der Waals surface area contributed by atoms with Crippen molar-refractivity contribution in [3.05, 3.63) is 47.5 Å². The van der Waals surface area contributed by atoms with E-state index in [4.69, 9.17) is 30.5 Å². The third-order valence-corrected chi connectivity index (χ3v) is 4.92. The van der Waals surface area contributed by atoms with Gasteiger partial charge in [-0.05, 0) is 18.2 Å². The van der Waals surface area contributed by atoms with Gasteiger partial charge in [-0.3, -0.25) is 0 Å². The van der Waals surface area contributed by atoms with Crippen LogP contribution in [-0.4, -0.2) is 49.6 Å². The maximum atomic E-state index is 14.4. The molecule has 2 heterocycles. The number of rotatable bonds is 8. The number of nitrogens with zero attached hydrogens (tertiary/aromatic N) is 2. The monoisotopic (exact) mass is 433 g/mol. The summed E-state index contributed by atoms with van der Waals surface area (Å²) < 4.78 is 36.8. The number of ether oxygens (including phenoxy) is 4. The summed E-state index contributed by atoms with van der Waals surface area (Å²) in [5.74, 6) is 0.964. The molecule has 0 spiro atoms. The second-order valence-corrected chi connectivity index (χ2v) is 7.12. The lowest BCUT2D eigenvalue weighted by atomic mass is 10.2. The Kier molecular flexibility index (Phi) is 6.47. The van der Waals surface area contributed by atoms with Gasteiger partial charge < -0.3 is 24.3 Å². The zero-order chi connectivity index (χ0) is 20.9. The Morgan fingerprint density at radius 1 is 1.23 bits per heavy atom. The summed E-state index contributed by atoms with van der Waals surface area (Å²) in [5.41, 5.74) is 0.840. The second-order valence-electron chi connectivity index (χ2n) is 6.71. The predicted molar refractivity (Wildman–Crippen MR) is 111 cm³/mol. The van der Waals surface area contributed by atoms with Crippen LogP contribution in [-0.2, 0) is 9.47 Å². The van der Waals surface area contributed by atoms with E-state index >= 15 is 0 Å². The minimum Gasteiger partial charge on any atom is -0.487 e. The number of hydrogen-bond donors (Lipinski definition) is 1. The summed E-state index contributed by atoms with van der Waals surface area (Å²) in [6, 6.07) is 8.30. The Morgan fingerprint density at radius 2 is 2.13 bits per heavy atom. The third-order valence-electron chi connectivity index (χ3n) is 4.63. The van der Waals surface area contributed by atoms with Gasteiger partial charge in [0, 0.05) is 25.0 Å². The zero-order valence-corrected chi connectivity index (χ0v) is 17.1. The van der Waals surface area contributed by atoms with E-state index in [9.17, 15) is 4.39 Å². The molecule has 30 heavy (non-hydrogen) atoms. The summed E-state index contributed by atoms with van der Waals surface area (Å²) >= 11 is 5.89. The Morgan fingerprint density at radius 3 is 2.93 bits per heavy atom. The lowest BCUT2D eigenvalue weighted by Gasteiger charge is -2.18. The van der Waals surface area contributed by atoms with Crippen LogP contribution in [0.4, 0.5) is 15.9 Å². The SMILES string of the molecule is COCCOc1cc2ncnc(Nc3cccc(Cl)c3F)c2cc1OC1CCOC1. The fourth-order valence-corrected chi connectivity index (χ4v) is 3.29. The number of fused-ring (bicyclic) bond motifs is 1. The maximum absolute atomic E-state index is 14.4. The van der Waals surface area contributed by atoms with Gasteiger partial charge in [0.25, 0.3) is 0 Å². The van der Waals surface area contributed by atoms with Gasteiger partial charge >= 0.3 is 0 Å². The summed E-state index contributed by atoms with van der Waals surface area (Å²) in [5, 5.41) is 3.68. The number of nitrogens with one attached hydrogen (secondary N) is 1. The van der Waals surface area contributed by atoms with Gasteiger partial charge in [0.15, 0.2) is 17.3 Å². The molecule has 3 aromatic rings. The summed E-state index contributed by atoms with van der Waals surface area (Å²) in [6.07, 6.45) is 2.12. The van der Waals surface area contributed by atoms with E-state index in [1.54, 1.807) is 31.4 Å². The van der Waals surface area contributed by atoms with Crippen molar-refractivity contribution in [3.63, 3.8) is 0 Å². The highest BCUT2D eigenvalue weighted by molar-refractivity contribution is 6.31. The highest BCUT2D eigenvalue weighted by atomic mass is 35.5. The topological polar surface area (TPSA) is 74.7 Å². The Bertz CT molecular complexity index is 1030. The van der Waals surface area contributed by atoms with Crippen LogP contribution in [0.25, 0.3) is 10.9 Å². The molecule has 0 radical (unpaired) electrons. The molecular formula is C21H21ClFN3O4. The van der Waals surface area contributed by atoms with E-state index in [-0.39, 0.29) is 16.8 Å². The average Bonchev–Trinajstić information content (AvgIpc) is 3.25. The number of hydrogen-bond acceptors (Lipinski definition) is 7. The van der Waals surface area contributed by atoms with E-state index in [1.807, 2.05) is 0 Å². The average molecular weight is 434 g/mol. The zero-order valence-electron chi connectivity index (χ0n) is 16.4. The first kappa shape index (κ1) is 20.6. The summed E-state index contributed by atoms with van der Waals surface area (Å²) in [7, 11) is 1.61. The molecule has 0 amide bonds. The molecule has 1 aliphatic rings. The van der Waals surface area contributed by atoms with Gasteiger partial charge in [0.2, 0.25) is 0 Å². The molecule has 1 fully saturated rings. The molecule has 1 aromatic heterocycles. The number of anilines is 2. The molecule has 0 aliphatic carbocycles. The van der Waals surface area contributed by atoms with Crippen molar-refractivity contribution in [2.75, 3.05) is 38.9 Å². The standard InChI is InChI=1S/C21H21ClFN3O4/c1-27-7-8-29-18-10-17-14(9-19(18)30-13-5-6-28-11-13)21(25-12-24-17)26-16-4-2-3-15(22)20(16)23/h2-4,9-10,12-13H,5-8,11H2,1H3,(H,24,25,26). The minimum atomic E-state index is -0.551. The molecule has 7 nitrogen and oxygen atoms in total. The van der Waals surface area contributed by atoms with E-state index in [0.29, 0.717) is 54.6 Å². The van der Waals surface area contributed by atoms with Crippen molar-refractivity contribution in [1.82, 2.24) is 9.97 Å². The highest BCUT2D eigenvalue weighted by Gasteiger charge is 2.21. The normalized spacial score (nSPS) is 16.0. The maximum Gasteiger partial charge on any atom is 0.165 e. The number of methoxy groups -OCH3 is 1. The highest BCUT2D eigenvalue weighted by Crippen LogP contribution is 2.36. The molecule has 4 rings (SSSR count). The lowest BCUT2D eigenvalue weighted by Crippen LogP contribution is -2.17. The van der Waals surface area contributed by atoms with Crippen LogP contribution in [0.1, 0.15) is 6.42 Å². The number of aromatic nitrogens is 2. The van der Waals surface area contributed by atoms with Gasteiger partial charge in [0.1, 0.15) is 24.9 Å². The second kappa shape index (κ2) is 9.42. The smallest absolute Gasteiger partial charge is 0.165 e. The molecule has 1 unspecified atom stereocenters. The molecule has 2 aromatic carbocycles. The molecule has 1 saturated heterocycles. The van der Waals surface area contributed by atoms with Gasteiger partial charge in [-0.2, -0.15) is 0 Å². The summed E-state index contributed by atoms with van der Waals surface area (Å²) in [4.78, 5) is 8.60. The van der Waals surface area contributed by atoms with Crippen LogP contribution in [0, 0.1) is 5.82 Å². The van der Waals surface area contributed by atoms with Crippen molar-refractivity contribution in [3.8, 4) is 11.5 Å². The number of benzene rings is 2. The fourth-order valence-electron chi connectivity index (χ4n) is 3.12. The van der Waals surface area contributed by atoms with Gasteiger partial charge in [0.05, 0.1) is 36.0 Å². The Hall–Kier alpha value is -2.68. The largest absolute Gasteiger partial charge is 0.487 e. The molecule has 158 valence electrons. The molecule has 1 aliphatic heterocycles. The van der Waals surface area contributed by atoms with Crippen molar-refractivity contribution < 1.29 is 23.3 Å². The Balaban J connectivity index is 1.71. The molecule has 9 heteroatoms. The number of halogens is 2. The van der Waals surface area contributed by atoms with Crippen LogP contribution in [0.2, 0.25) is 5.02 Å². The van der Waals surface area contributed by atoms with E-state index in [1.165, 1.54) is 12.4 Å². The van der Waals surface area contributed by atoms with E-state index in [2.05, 4.69) is 15.3 Å². The molecule has 1 N–H and O–H groups in total. The molecular weight excluding hydrogens is 413 g/mol. The van der Waals surface area contributed by atoms with Gasteiger partial charge in [-0.25, -0.2) is 14.4 Å². The quantitative estimate of drug-likeness (QED) is 0.529. The first-order valence-corrected chi connectivity index (χ1v) is 9.89. The van der Waals surface area contributed by atoms with Crippen LogP contribution < -0.4 is 14.8 Å². The summed E-state index contributed by atoms with van der Waals surface area (Å²) in [6.45, 7) is 1.97. The first-order valence-electron chi connectivity index (χ1n) is 9.51. The molecule has 1 atom stereocenters. The van der Waals surface area contributed by atoms with Crippen LogP contribution in [0.5, 0.6) is 11.5 Å².